The first-order valence-corrected chi connectivity index (χ1v) is 57.5. The molecule has 13 aromatic carbocycles. The zero-order valence-electron chi connectivity index (χ0n) is 81.6. The molecular weight excluding hydrogens is 2320 g/mol. The van der Waals surface area contributed by atoms with Gasteiger partial charge in [0.25, 0.3) is 0 Å². The quantitative estimate of drug-likeness (QED) is 0.0588. The van der Waals surface area contributed by atoms with Gasteiger partial charge in [-0.2, -0.15) is 11.3 Å². The zero-order chi connectivity index (χ0) is 95.5. The van der Waals surface area contributed by atoms with E-state index in [9.17, 15) is 0 Å². The second-order valence-corrected chi connectivity index (χ2v) is 51.9. The van der Waals surface area contributed by atoms with Gasteiger partial charge < -0.3 is 38.9 Å². The summed E-state index contributed by atoms with van der Waals surface area (Å²) >= 11 is 1.83. The number of aromatic nitrogens is 7. The van der Waals surface area contributed by atoms with Gasteiger partial charge in [0.05, 0.1) is 5.58 Å². The molecule has 0 aliphatic carbocycles. The minimum Gasteiger partial charge on any atom is -0.500 e. The number of thiophene rings is 1. The summed E-state index contributed by atoms with van der Waals surface area (Å²) in [5.41, 5.74) is 21.8. The molecule has 22 rings (SSSR count). The number of rotatable bonds is 19. The van der Waals surface area contributed by atoms with Crippen molar-refractivity contribution < 1.29 is 64.7 Å². The van der Waals surface area contributed by atoms with E-state index >= 15 is 0 Å². The zero-order valence-corrected chi connectivity index (χ0v) is 92.6. The standard InChI is InChI=1S/C35H33N2Si.C29H28NOSi.C29H28NSSi.3C11H8N.3Ir/c1-25(2)21-27-23-32(36-24-35(27)38(3,4)29-15-9-6-10-16-29)26-19-20-34-31(22-26)30-17-11-12-18-33(30)37(34)28-13-7-5-8-14-28;2*1-20(2)16-22-18-26(30-19-29(22)32(3,4)23-10-6-5-7-11-23)21-14-15-28-25(17-21)24-12-8-9-13-27(24)31-28;3*1-2-6-10(7-3-1)11-8-4-5-9-12-11;;;/h5-18,20,22-25H,21H2,1-4H3;2*5-13,15,17-20H,16H2,1-4H3;3*1-6,8-9H;;;/q6*-1;;;. The van der Waals surface area contributed by atoms with Crippen molar-refractivity contribution in [1.82, 2.24) is 34.5 Å². The third kappa shape index (κ3) is 25.0. The Hall–Kier alpha value is -12.8. The van der Waals surface area contributed by atoms with Crippen molar-refractivity contribution in [3.05, 3.63) is 466 Å². The molecule has 709 valence electrons. The first kappa shape index (κ1) is 104. The molecule has 9 heterocycles. The van der Waals surface area contributed by atoms with E-state index in [-0.39, 0.29) is 60.3 Å². The predicted molar refractivity (Wildman–Crippen MR) is 591 cm³/mol. The molecule has 0 atom stereocenters. The molecule has 3 radical (unpaired) electrons. The number of hydrogen-bond acceptors (Lipinski definition) is 8. The maximum Gasteiger partial charge on any atom is 0.120 e. The minimum absolute atomic E-state index is 0. The topological polar surface area (TPSA) is 95.4 Å². The van der Waals surface area contributed by atoms with E-state index in [1.54, 1.807) is 18.6 Å². The number of para-hydroxylation sites is 3. The average Bonchev–Trinajstić information content (AvgIpc) is 1.56. The summed E-state index contributed by atoms with van der Waals surface area (Å²) in [6.07, 6.45) is 15.0. The van der Waals surface area contributed by atoms with Crippen molar-refractivity contribution in [2.24, 2.45) is 17.8 Å². The number of fused-ring (bicyclic) bond motifs is 9. The maximum atomic E-state index is 5.99. The van der Waals surface area contributed by atoms with E-state index in [4.69, 9.17) is 19.4 Å². The van der Waals surface area contributed by atoms with E-state index in [0.29, 0.717) is 17.8 Å². The Morgan fingerprint density at radius 3 is 1.04 bits per heavy atom. The smallest absolute Gasteiger partial charge is 0.120 e. The third-order valence-corrected chi connectivity index (χ3v) is 37.2. The largest absolute Gasteiger partial charge is 0.500 e. The number of pyridine rings is 6. The van der Waals surface area contributed by atoms with Crippen LogP contribution >= 0.6 is 11.3 Å². The molecule has 0 spiro atoms. The second-order valence-electron chi connectivity index (χ2n) is 37.7. The van der Waals surface area contributed by atoms with Crippen LogP contribution in [0.15, 0.2) is 418 Å². The van der Waals surface area contributed by atoms with Gasteiger partial charge in [-0.25, -0.2) is 0 Å². The Labute approximate surface area is 879 Å². The van der Waals surface area contributed by atoms with Crippen molar-refractivity contribution >= 4 is 131 Å². The summed E-state index contributed by atoms with van der Waals surface area (Å²) in [6.45, 7) is 28.4. The van der Waals surface area contributed by atoms with E-state index in [2.05, 4.69) is 386 Å². The Kier molecular flexibility index (Phi) is 35.8. The van der Waals surface area contributed by atoms with Gasteiger partial charge in [-0.1, -0.05) is 348 Å². The van der Waals surface area contributed by atoms with Crippen LogP contribution in [0, 0.1) is 54.2 Å². The van der Waals surface area contributed by atoms with Crippen molar-refractivity contribution in [3.8, 4) is 73.2 Å². The van der Waals surface area contributed by atoms with Gasteiger partial charge in [0.2, 0.25) is 0 Å². The Balaban J connectivity index is 0.000000142. The SMILES string of the molecule is CC(C)Cc1cc(-c2[c-]cc3c(c2)c2ccccc2n3-c2ccccc2)ncc1[Si](C)(C)c1ccccc1.CC(C)Cc1cc(-c2[c-]cc3oc4ccccc4c3c2)ncc1[Si](C)(C)c1ccccc1.CC(C)Cc1cc(-c2[c-]cc3sc4ccccc4c3c2)ncc1[Si](C)(C)c1ccccc1.[Ir].[Ir].[Ir].[c-]1ccccc1-c1ccccn1.[c-]1ccccc1-c1ccccn1.[c-]1ccccc1-c1ccccn1. The molecule has 0 N–H and O–H groups in total. The Bertz CT molecular complexity index is 7270. The fourth-order valence-corrected chi connectivity index (χ4v) is 27.4. The van der Waals surface area contributed by atoms with Gasteiger partial charge in [-0.3, -0.25) is 0 Å². The molecule has 0 unspecified atom stereocenters. The summed E-state index contributed by atoms with van der Waals surface area (Å²) in [5.74, 6) is 1.74. The molecule has 9 aromatic heterocycles. The summed E-state index contributed by atoms with van der Waals surface area (Å²) < 4.78 is 10.9. The van der Waals surface area contributed by atoms with E-state index in [1.807, 2.05) is 157 Å². The maximum absolute atomic E-state index is 5.99. The fourth-order valence-electron chi connectivity index (χ4n) is 18.3. The van der Waals surface area contributed by atoms with Crippen molar-refractivity contribution in [3.63, 3.8) is 0 Å². The van der Waals surface area contributed by atoms with Gasteiger partial charge in [-0.15, -0.1) is 179 Å². The van der Waals surface area contributed by atoms with E-state index < -0.39 is 24.2 Å². The normalized spacial score (nSPS) is 11.2. The van der Waals surface area contributed by atoms with Gasteiger partial charge >= 0.3 is 0 Å². The van der Waals surface area contributed by atoms with Crippen LogP contribution in [0.4, 0.5) is 0 Å². The molecule has 8 nitrogen and oxygen atoms in total. The van der Waals surface area contributed by atoms with Gasteiger partial charge in [0, 0.05) is 119 Å². The molecule has 0 aliphatic rings. The van der Waals surface area contributed by atoms with Gasteiger partial charge in [0.15, 0.2) is 0 Å². The first-order chi connectivity index (χ1) is 67.2. The molecule has 15 heteroatoms. The molecule has 0 amide bonds. The second kappa shape index (κ2) is 48.6. The monoisotopic (exact) mass is 2430 g/mol. The molecule has 0 bridgehead atoms. The number of furan rings is 1. The predicted octanol–water partition coefficient (Wildman–Crippen LogP) is 28.7. The minimum atomic E-state index is -1.88. The summed E-state index contributed by atoms with van der Waals surface area (Å²) in [4.78, 5) is 27.6. The summed E-state index contributed by atoms with van der Waals surface area (Å²) in [5, 5.41) is 16.0. The van der Waals surface area contributed by atoms with E-state index in [1.165, 1.54) is 84.3 Å². The average molecular weight is 2430 g/mol. The molecule has 0 saturated heterocycles. The molecular formula is C126H113Ir3N7OSSi3-6. The summed E-state index contributed by atoms with van der Waals surface area (Å²) in [7, 11) is -5.56. The third-order valence-electron chi connectivity index (χ3n) is 25.4. The Morgan fingerprint density at radius 1 is 0.277 bits per heavy atom. The van der Waals surface area contributed by atoms with Crippen LogP contribution in [-0.2, 0) is 79.6 Å². The fraction of sp³-hybridized carbons (Fsp3) is 0.143. The molecule has 141 heavy (non-hydrogen) atoms. The van der Waals surface area contributed by atoms with Crippen LogP contribution in [0.3, 0.4) is 0 Å². The van der Waals surface area contributed by atoms with Crippen LogP contribution in [0.5, 0.6) is 0 Å². The van der Waals surface area contributed by atoms with Crippen LogP contribution < -0.4 is 31.1 Å². The number of benzene rings is 13. The van der Waals surface area contributed by atoms with E-state index in [0.717, 1.165) is 120 Å². The van der Waals surface area contributed by atoms with Crippen LogP contribution in [0.1, 0.15) is 58.2 Å². The molecule has 22 aromatic rings. The van der Waals surface area contributed by atoms with Crippen LogP contribution in [0.2, 0.25) is 39.3 Å². The first-order valence-electron chi connectivity index (χ1n) is 47.7. The van der Waals surface area contributed by atoms with Crippen molar-refractivity contribution in [2.75, 3.05) is 0 Å². The van der Waals surface area contributed by atoms with Crippen LogP contribution in [-0.4, -0.2) is 58.7 Å². The number of nitrogens with zero attached hydrogens (tertiary/aromatic N) is 7. The number of hydrogen-bond donors (Lipinski definition) is 0. The van der Waals surface area contributed by atoms with Gasteiger partial charge in [0.1, 0.15) is 29.8 Å². The Morgan fingerprint density at radius 2 is 0.631 bits per heavy atom. The summed E-state index contributed by atoms with van der Waals surface area (Å²) in [6, 6.07) is 150. The van der Waals surface area contributed by atoms with Gasteiger partial charge in [-0.05, 0) is 156 Å². The molecule has 0 fully saturated rings. The molecule has 0 aliphatic heterocycles. The molecule has 0 saturated carbocycles. The van der Waals surface area contributed by atoms with Crippen molar-refractivity contribution in [1.29, 1.82) is 0 Å². The van der Waals surface area contributed by atoms with Crippen molar-refractivity contribution in [2.45, 2.75) is 100 Å². The van der Waals surface area contributed by atoms with Crippen LogP contribution in [0.25, 0.3) is 137 Å².